The number of aromatic hydroxyl groups is 1. The van der Waals surface area contributed by atoms with Gasteiger partial charge in [0.1, 0.15) is 0 Å². The van der Waals surface area contributed by atoms with Gasteiger partial charge < -0.3 is 14.9 Å². The lowest BCUT2D eigenvalue weighted by Gasteiger charge is -2.10. The van der Waals surface area contributed by atoms with E-state index < -0.39 is 0 Å². The lowest BCUT2D eigenvalue weighted by atomic mass is 10.1. The molecule has 112 valence electrons. The van der Waals surface area contributed by atoms with Gasteiger partial charge in [-0.3, -0.25) is 0 Å². The minimum atomic E-state index is 0.171. The molecule has 0 amide bonds. The first kappa shape index (κ1) is 15.4. The number of aliphatic hydroxyl groups is 1. The molecule has 0 aromatic heterocycles. The normalized spacial score (nSPS) is 10.5. The van der Waals surface area contributed by atoms with Crippen LogP contribution in [0, 0.1) is 0 Å². The predicted molar refractivity (Wildman–Crippen MR) is 84.6 cm³/mol. The molecule has 3 heteroatoms. The zero-order valence-corrected chi connectivity index (χ0v) is 12.2. The molecule has 2 N–H and O–H groups in total. The maximum Gasteiger partial charge on any atom is 0.161 e. The smallest absolute Gasteiger partial charge is 0.161 e. The Balaban J connectivity index is 1.93. The minimum absolute atomic E-state index is 0.171. The van der Waals surface area contributed by atoms with Crippen molar-refractivity contribution in [3.63, 3.8) is 0 Å². The molecule has 0 aliphatic rings. The van der Waals surface area contributed by atoms with Crippen molar-refractivity contribution in [2.75, 3.05) is 13.2 Å². The van der Waals surface area contributed by atoms with Crippen LogP contribution in [-0.4, -0.2) is 23.4 Å². The molecule has 0 saturated heterocycles. The topological polar surface area (TPSA) is 49.7 Å². The van der Waals surface area contributed by atoms with E-state index >= 15 is 0 Å². The molecule has 0 bridgehead atoms. The zero-order chi connectivity index (χ0) is 14.9. The molecule has 0 radical (unpaired) electrons. The van der Waals surface area contributed by atoms with Crippen LogP contribution < -0.4 is 4.74 Å². The second-order valence-corrected chi connectivity index (χ2v) is 5.03. The number of ether oxygens (including phenoxy) is 1. The van der Waals surface area contributed by atoms with Gasteiger partial charge in [0.15, 0.2) is 11.5 Å². The molecule has 2 aromatic carbocycles. The van der Waals surface area contributed by atoms with Crippen LogP contribution in [0.3, 0.4) is 0 Å². The monoisotopic (exact) mass is 286 g/mol. The molecule has 0 heterocycles. The Hall–Kier alpha value is -2.00. The van der Waals surface area contributed by atoms with E-state index in [1.807, 2.05) is 42.5 Å². The van der Waals surface area contributed by atoms with Gasteiger partial charge in [0.05, 0.1) is 6.61 Å². The van der Waals surface area contributed by atoms with Gasteiger partial charge >= 0.3 is 0 Å². The van der Waals surface area contributed by atoms with Crippen molar-refractivity contribution in [3.8, 4) is 22.6 Å². The first-order valence-corrected chi connectivity index (χ1v) is 7.43. The second kappa shape index (κ2) is 8.32. The summed E-state index contributed by atoms with van der Waals surface area (Å²) in [6, 6.07) is 15.5. The van der Waals surface area contributed by atoms with E-state index in [-0.39, 0.29) is 12.4 Å². The number of hydrogen-bond donors (Lipinski definition) is 2. The summed E-state index contributed by atoms with van der Waals surface area (Å²) < 4.78 is 5.67. The molecule has 0 saturated carbocycles. The Morgan fingerprint density at radius 1 is 0.810 bits per heavy atom. The van der Waals surface area contributed by atoms with Gasteiger partial charge in [-0.2, -0.15) is 0 Å². The van der Waals surface area contributed by atoms with E-state index in [1.54, 1.807) is 6.07 Å². The van der Waals surface area contributed by atoms with Crippen molar-refractivity contribution < 1.29 is 14.9 Å². The van der Waals surface area contributed by atoms with Crippen LogP contribution in [0.5, 0.6) is 11.5 Å². The van der Waals surface area contributed by atoms with Gasteiger partial charge in [-0.1, -0.05) is 42.8 Å². The Kier molecular flexibility index (Phi) is 6.10. The molecular weight excluding hydrogens is 264 g/mol. The Labute approximate surface area is 125 Å². The van der Waals surface area contributed by atoms with E-state index in [2.05, 4.69) is 0 Å². The first-order chi connectivity index (χ1) is 10.3. The average Bonchev–Trinajstić information content (AvgIpc) is 2.53. The molecule has 0 atom stereocenters. The lowest BCUT2D eigenvalue weighted by Crippen LogP contribution is -1.98. The number of phenolic OH excluding ortho intramolecular Hbond substituents is 1. The lowest BCUT2D eigenvalue weighted by molar-refractivity contribution is 0.269. The summed E-state index contributed by atoms with van der Waals surface area (Å²) in [4.78, 5) is 0. The van der Waals surface area contributed by atoms with Crippen molar-refractivity contribution in [2.45, 2.75) is 25.7 Å². The fourth-order valence-electron chi connectivity index (χ4n) is 2.19. The van der Waals surface area contributed by atoms with Gasteiger partial charge in [0, 0.05) is 6.61 Å². The summed E-state index contributed by atoms with van der Waals surface area (Å²) in [7, 11) is 0. The number of unbranched alkanes of at least 4 members (excludes halogenated alkanes) is 3. The Morgan fingerprint density at radius 2 is 1.57 bits per heavy atom. The third kappa shape index (κ3) is 4.80. The SMILES string of the molecule is OCCCCCCOc1cc(-c2ccccc2)ccc1O. The van der Waals surface area contributed by atoms with Gasteiger partial charge in [-0.25, -0.2) is 0 Å². The molecule has 2 rings (SSSR count). The van der Waals surface area contributed by atoms with E-state index in [9.17, 15) is 5.11 Å². The number of hydrogen-bond acceptors (Lipinski definition) is 3. The number of aliphatic hydroxyl groups excluding tert-OH is 1. The van der Waals surface area contributed by atoms with E-state index in [0.29, 0.717) is 12.4 Å². The fourth-order valence-corrected chi connectivity index (χ4v) is 2.19. The molecule has 3 nitrogen and oxygen atoms in total. The number of rotatable bonds is 8. The molecular formula is C18H22O3. The van der Waals surface area contributed by atoms with Crippen LogP contribution in [0.4, 0.5) is 0 Å². The van der Waals surface area contributed by atoms with Gasteiger partial charge in [-0.15, -0.1) is 0 Å². The highest BCUT2D eigenvalue weighted by Crippen LogP contribution is 2.31. The number of phenols is 1. The van der Waals surface area contributed by atoms with Crippen molar-refractivity contribution >= 4 is 0 Å². The number of benzene rings is 2. The van der Waals surface area contributed by atoms with Crippen LogP contribution in [0.15, 0.2) is 48.5 Å². The summed E-state index contributed by atoms with van der Waals surface area (Å²) >= 11 is 0. The summed E-state index contributed by atoms with van der Waals surface area (Å²) in [5.41, 5.74) is 2.13. The van der Waals surface area contributed by atoms with Gasteiger partial charge in [-0.05, 0) is 42.5 Å². The third-order valence-corrected chi connectivity index (χ3v) is 3.38. The Bertz CT molecular complexity index is 537. The van der Waals surface area contributed by atoms with Gasteiger partial charge in [0.25, 0.3) is 0 Å². The fraction of sp³-hybridized carbons (Fsp3) is 0.333. The molecule has 0 fully saturated rings. The first-order valence-electron chi connectivity index (χ1n) is 7.43. The van der Waals surface area contributed by atoms with E-state index in [1.165, 1.54) is 0 Å². The zero-order valence-electron chi connectivity index (χ0n) is 12.2. The predicted octanol–water partition coefficient (Wildman–Crippen LogP) is 3.99. The largest absolute Gasteiger partial charge is 0.504 e. The molecule has 0 aliphatic carbocycles. The van der Waals surface area contributed by atoms with Crippen LogP contribution in [0.2, 0.25) is 0 Å². The van der Waals surface area contributed by atoms with Crippen molar-refractivity contribution in [1.29, 1.82) is 0 Å². The summed E-state index contributed by atoms with van der Waals surface area (Å²) in [5.74, 6) is 0.698. The highest BCUT2D eigenvalue weighted by molar-refractivity contribution is 5.66. The molecule has 0 spiro atoms. The Morgan fingerprint density at radius 3 is 2.33 bits per heavy atom. The van der Waals surface area contributed by atoms with Crippen molar-refractivity contribution in [1.82, 2.24) is 0 Å². The third-order valence-electron chi connectivity index (χ3n) is 3.38. The highest BCUT2D eigenvalue weighted by Gasteiger charge is 2.05. The molecule has 0 aliphatic heterocycles. The van der Waals surface area contributed by atoms with Crippen molar-refractivity contribution in [3.05, 3.63) is 48.5 Å². The minimum Gasteiger partial charge on any atom is -0.504 e. The van der Waals surface area contributed by atoms with E-state index in [4.69, 9.17) is 9.84 Å². The quantitative estimate of drug-likeness (QED) is 0.721. The molecule has 2 aromatic rings. The van der Waals surface area contributed by atoms with E-state index in [0.717, 1.165) is 36.8 Å². The second-order valence-electron chi connectivity index (χ2n) is 5.03. The van der Waals surface area contributed by atoms with Crippen molar-refractivity contribution in [2.24, 2.45) is 0 Å². The summed E-state index contributed by atoms with van der Waals surface area (Å²) in [6.45, 7) is 0.831. The summed E-state index contributed by atoms with van der Waals surface area (Å²) in [5, 5.41) is 18.6. The van der Waals surface area contributed by atoms with Crippen LogP contribution in [0.25, 0.3) is 11.1 Å². The molecule has 21 heavy (non-hydrogen) atoms. The van der Waals surface area contributed by atoms with Crippen LogP contribution >= 0.6 is 0 Å². The molecule has 0 unspecified atom stereocenters. The highest BCUT2D eigenvalue weighted by atomic mass is 16.5. The summed E-state index contributed by atoms with van der Waals surface area (Å²) in [6.07, 6.45) is 3.80. The van der Waals surface area contributed by atoms with Crippen LogP contribution in [-0.2, 0) is 0 Å². The average molecular weight is 286 g/mol. The maximum absolute atomic E-state index is 9.86. The maximum atomic E-state index is 9.86. The van der Waals surface area contributed by atoms with Crippen LogP contribution in [0.1, 0.15) is 25.7 Å². The standard InChI is InChI=1S/C18H22O3/c19-12-6-1-2-7-13-21-18-14-16(10-11-17(18)20)15-8-4-3-5-9-15/h3-5,8-11,14,19-20H,1-2,6-7,12-13H2. The van der Waals surface area contributed by atoms with Gasteiger partial charge in [0.2, 0.25) is 0 Å².